The minimum Gasteiger partial charge on any atom is -0.288 e. The Morgan fingerprint density at radius 1 is 0.467 bits per heavy atom. The maximum Gasteiger partial charge on any atom is 0.0966 e. The summed E-state index contributed by atoms with van der Waals surface area (Å²) in [5.74, 6) is 0. The molecule has 0 N–H and O–H groups in total. The molecular weight excluding hydrogens is 628 g/mol. The van der Waals surface area contributed by atoms with Crippen LogP contribution in [0, 0.1) is 0 Å². The quantitative estimate of drug-likeness (QED) is 0.0533. The van der Waals surface area contributed by atoms with Gasteiger partial charge in [-0.15, -0.1) is 0 Å². The Morgan fingerprint density at radius 2 is 0.778 bits per heavy atom. The Kier molecular flexibility index (Phi) is 14.4. The van der Waals surface area contributed by atoms with Crippen molar-refractivity contribution in [3.8, 4) is 0 Å². The molecule has 0 fully saturated rings. The fraction of sp³-hybridized carbons (Fsp3) is 0.205. The van der Waals surface area contributed by atoms with Crippen LogP contribution in [-0.4, -0.2) is 41.8 Å². The van der Waals surface area contributed by atoms with Gasteiger partial charge < -0.3 is 0 Å². The number of pyridine rings is 1. The van der Waals surface area contributed by atoms with E-state index in [1.54, 1.807) is 0 Å². The summed E-state index contributed by atoms with van der Waals surface area (Å²) in [6.45, 7) is 5.78. The van der Waals surface area contributed by atoms with Crippen molar-refractivity contribution in [1.82, 2.24) is 4.98 Å². The van der Waals surface area contributed by atoms with Crippen LogP contribution in [0.15, 0.2) is 150 Å². The minimum absolute atomic E-state index is 0. The van der Waals surface area contributed by atoms with Crippen LogP contribution in [-0.2, 0) is 17.1 Å². The van der Waals surface area contributed by atoms with Crippen molar-refractivity contribution in [3.63, 3.8) is 0 Å². The first-order valence-corrected chi connectivity index (χ1v) is 19.0. The summed E-state index contributed by atoms with van der Waals surface area (Å²) in [5.41, 5.74) is 3.86. The molecule has 0 saturated carbocycles. The zero-order valence-electron chi connectivity index (χ0n) is 26.2. The van der Waals surface area contributed by atoms with E-state index in [2.05, 4.69) is 153 Å². The molecule has 0 aliphatic rings. The van der Waals surface area contributed by atoms with Crippen molar-refractivity contribution < 1.29 is 17.1 Å². The zero-order chi connectivity index (χ0) is 30.4. The molecule has 230 valence electrons. The molecule has 4 aromatic carbocycles. The first kappa shape index (κ1) is 34.6. The number of nitrogens with zero attached hydrogens (tertiary/aromatic N) is 3. The van der Waals surface area contributed by atoms with Crippen LogP contribution in [0.3, 0.4) is 0 Å². The van der Waals surface area contributed by atoms with Crippen molar-refractivity contribution in [2.75, 3.05) is 25.4 Å². The zero-order valence-corrected chi connectivity index (χ0v) is 29.3. The maximum atomic E-state index is 4.94. The molecule has 0 spiro atoms. The average Bonchev–Trinajstić information content (AvgIpc) is 3.09. The summed E-state index contributed by atoms with van der Waals surface area (Å²) in [7, 11) is -1.65. The van der Waals surface area contributed by atoms with Crippen molar-refractivity contribution in [2.45, 2.75) is 26.7 Å². The monoisotopic (exact) mass is 671 g/mol. The summed E-state index contributed by atoms with van der Waals surface area (Å²) < 4.78 is 0. The van der Waals surface area contributed by atoms with Crippen molar-refractivity contribution in [2.24, 2.45) is 9.98 Å². The summed E-state index contributed by atoms with van der Waals surface area (Å²) in [6.07, 6.45) is 4.44. The van der Waals surface area contributed by atoms with Gasteiger partial charge in [-0.25, -0.2) is 4.98 Å². The predicted octanol–water partition coefficient (Wildman–Crippen LogP) is 7.21. The Balaban J connectivity index is 0.00000461. The largest absolute Gasteiger partial charge is 0.288 e. The summed E-state index contributed by atoms with van der Waals surface area (Å²) >= 11 is 0. The van der Waals surface area contributed by atoms with Gasteiger partial charge in [0.1, 0.15) is 0 Å². The molecule has 0 bridgehead atoms. The Bertz CT molecular complexity index is 1430. The van der Waals surface area contributed by atoms with Gasteiger partial charge in [0.25, 0.3) is 0 Å². The van der Waals surface area contributed by atoms with Crippen LogP contribution in [0.25, 0.3) is 0 Å². The first-order chi connectivity index (χ1) is 21.7. The number of aromatic nitrogens is 1. The summed E-state index contributed by atoms with van der Waals surface area (Å²) in [6, 6.07) is 50.1. The van der Waals surface area contributed by atoms with E-state index in [4.69, 9.17) is 15.0 Å². The number of hydrogen-bond acceptors (Lipinski definition) is 3. The van der Waals surface area contributed by atoms with Crippen LogP contribution in [0.4, 0.5) is 0 Å². The van der Waals surface area contributed by atoms with E-state index in [1.807, 2.05) is 0 Å². The van der Waals surface area contributed by atoms with Gasteiger partial charge in [0.05, 0.1) is 72.2 Å². The van der Waals surface area contributed by atoms with Gasteiger partial charge in [0.15, 0.2) is 0 Å². The molecule has 0 aliphatic heterocycles. The van der Waals surface area contributed by atoms with Gasteiger partial charge in [0.2, 0.25) is 0 Å². The first-order valence-electron chi connectivity index (χ1n) is 15.6. The molecule has 3 nitrogen and oxygen atoms in total. The van der Waals surface area contributed by atoms with Gasteiger partial charge >= 0.3 is 0 Å². The molecule has 45 heavy (non-hydrogen) atoms. The Labute approximate surface area is 282 Å². The van der Waals surface area contributed by atoms with Crippen LogP contribution in [0.1, 0.15) is 38.1 Å². The molecule has 0 radical (unpaired) electrons. The van der Waals surface area contributed by atoms with E-state index in [0.717, 1.165) is 61.1 Å². The van der Waals surface area contributed by atoms with E-state index < -0.39 is 15.8 Å². The average molecular weight is 672 g/mol. The molecule has 5 aromatic rings. The number of rotatable bonds is 14. The third-order valence-electron chi connectivity index (χ3n) is 7.85. The molecule has 0 atom stereocenters. The molecule has 6 heteroatoms. The normalized spacial score (nSPS) is 11.9. The number of aliphatic imine (C=N–C) groups is 2. The van der Waals surface area contributed by atoms with Gasteiger partial charge in [-0.2, -0.15) is 0 Å². The van der Waals surface area contributed by atoms with Gasteiger partial charge in [-0.1, -0.05) is 78.9 Å². The van der Waals surface area contributed by atoms with E-state index in [0.29, 0.717) is 0 Å². The van der Waals surface area contributed by atoms with Crippen molar-refractivity contribution in [1.29, 1.82) is 0 Å². The van der Waals surface area contributed by atoms with E-state index >= 15 is 0 Å². The van der Waals surface area contributed by atoms with Crippen LogP contribution < -0.4 is 21.2 Å². The third kappa shape index (κ3) is 10.4. The molecule has 1 heterocycles. The Hall–Kier alpha value is -3.25. The minimum atomic E-state index is -0.826. The maximum absolute atomic E-state index is 4.94. The van der Waals surface area contributed by atoms with E-state index in [-0.39, 0.29) is 17.1 Å². The number of benzene rings is 4. The molecule has 0 aliphatic carbocycles. The second kappa shape index (κ2) is 18.7. The molecule has 1 aromatic heterocycles. The van der Waals surface area contributed by atoms with Gasteiger partial charge in [-0.05, 0) is 74.5 Å². The molecule has 0 amide bonds. The smallest absolute Gasteiger partial charge is 0.0966 e. The van der Waals surface area contributed by atoms with Crippen LogP contribution in [0.5, 0.6) is 0 Å². The molecule has 5 rings (SSSR count). The van der Waals surface area contributed by atoms with Crippen molar-refractivity contribution >= 4 is 48.5 Å². The van der Waals surface area contributed by atoms with E-state index in [9.17, 15) is 0 Å². The van der Waals surface area contributed by atoms with E-state index in [1.165, 1.54) is 21.2 Å². The fourth-order valence-corrected chi connectivity index (χ4v) is 10.7. The van der Waals surface area contributed by atoms with Gasteiger partial charge in [0, 0.05) is 43.0 Å². The SMILES string of the molecule is CC(=NCCC[PH+](c1ccccc1)c1ccccc1)c1cccc(C(C)=NCCC[PH+](c2ccccc2)c2ccccc2)n1.[Fe]. The second-order valence-corrected chi connectivity index (χ2v) is 16.2. The number of hydrogen-bond donors (Lipinski definition) is 0. The van der Waals surface area contributed by atoms with Crippen molar-refractivity contribution in [3.05, 3.63) is 151 Å². The summed E-state index contributed by atoms with van der Waals surface area (Å²) in [5, 5.41) is 5.86. The standard InChI is InChI=1S/C39H41N3P2.Fe/c1-32(40-28-16-30-43(34-18-7-3-8-19-34)35-20-9-4-10-21-35)38-26-15-27-39(42-38)33(2)41-29-17-31-44(36-22-11-5-12-23-36)37-24-13-6-14-25-37;/h3-15,18-27H,16-17,28-31H2,1-2H3;/p+2. The molecule has 0 saturated heterocycles. The second-order valence-electron chi connectivity index (χ2n) is 11.0. The topological polar surface area (TPSA) is 37.6 Å². The fourth-order valence-electron chi connectivity index (χ4n) is 5.47. The summed E-state index contributed by atoms with van der Waals surface area (Å²) in [4.78, 5) is 14.8. The predicted molar refractivity (Wildman–Crippen MR) is 198 cm³/mol. The molecule has 0 unspecified atom stereocenters. The van der Waals surface area contributed by atoms with Crippen LogP contribution in [0.2, 0.25) is 0 Å². The molecular formula is C39H43FeN3P2+2. The third-order valence-corrected chi connectivity index (χ3v) is 13.7. The Morgan fingerprint density at radius 3 is 1.09 bits per heavy atom. The van der Waals surface area contributed by atoms with Crippen LogP contribution >= 0.6 is 15.8 Å². The van der Waals surface area contributed by atoms with Gasteiger partial charge in [-0.3, -0.25) is 9.98 Å².